The molecule has 0 aliphatic heterocycles. The fourth-order valence-corrected chi connectivity index (χ4v) is 3.36. The van der Waals surface area contributed by atoms with E-state index in [1.54, 1.807) is 6.92 Å². The SMILES string of the molecule is Cc1cccc(CSCC(=O)NC(c2ccccc2)C(C)C(=O)O)c1. The molecule has 2 atom stereocenters. The van der Waals surface area contributed by atoms with Crippen LogP contribution in [0.1, 0.15) is 29.7 Å². The van der Waals surface area contributed by atoms with Gasteiger partial charge in [0, 0.05) is 5.75 Å². The maximum Gasteiger partial charge on any atom is 0.308 e. The van der Waals surface area contributed by atoms with Crippen LogP contribution in [0.5, 0.6) is 0 Å². The van der Waals surface area contributed by atoms with Crippen LogP contribution in [-0.4, -0.2) is 22.7 Å². The fourth-order valence-electron chi connectivity index (χ4n) is 2.58. The molecule has 2 rings (SSSR count). The van der Waals surface area contributed by atoms with Crippen molar-refractivity contribution in [2.45, 2.75) is 25.6 Å². The Morgan fingerprint density at radius 1 is 1.12 bits per heavy atom. The van der Waals surface area contributed by atoms with Crippen LogP contribution in [-0.2, 0) is 15.3 Å². The van der Waals surface area contributed by atoms with Crippen LogP contribution < -0.4 is 5.32 Å². The van der Waals surface area contributed by atoms with Crippen LogP contribution in [0.15, 0.2) is 54.6 Å². The van der Waals surface area contributed by atoms with Gasteiger partial charge in [0.25, 0.3) is 0 Å². The normalized spacial score (nSPS) is 13.0. The highest BCUT2D eigenvalue weighted by Crippen LogP contribution is 2.22. The Morgan fingerprint density at radius 2 is 1.84 bits per heavy atom. The molecule has 4 nitrogen and oxygen atoms in total. The minimum Gasteiger partial charge on any atom is -0.481 e. The molecule has 2 aromatic rings. The lowest BCUT2D eigenvalue weighted by molar-refractivity contribution is -0.142. The molecule has 0 saturated carbocycles. The summed E-state index contributed by atoms with van der Waals surface area (Å²) in [4.78, 5) is 23.7. The Kier molecular flexibility index (Phi) is 7.07. The number of rotatable bonds is 8. The Labute approximate surface area is 152 Å². The lowest BCUT2D eigenvalue weighted by atomic mass is 9.94. The molecule has 0 aliphatic carbocycles. The smallest absolute Gasteiger partial charge is 0.308 e. The topological polar surface area (TPSA) is 66.4 Å². The van der Waals surface area contributed by atoms with E-state index in [4.69, 9.17) is 0 Å². The summed E-state index contributed by atoms with van der Waals surface area (Å²) >= 11 is 1.52. The highest BCUT2D eigenvalue weighted by Gasteiger charge is 2.26. The summed E-state index contributed by atoms with van der Waals surface area (Å²) in [5.41, 5.74) is 3.17. The lowest BCUT2D eigenvalue weighted by Crippen LogP contribution is -2.36. The minimum atomic E-state index is -0.929. The third kappa shape index (κ3) is 5.94. The van der Waals surface area contributed by atoms with Crippen molar-refractivity contribution in [1.29, 1.82) is 0 Å². The van der Waals surface area contributed by atoms with Crippen LogP contribution in [0.4, 0.5) is 0 Å². The Morgan fingerprint density at radius 3 is 2.48 bits per heavy atom. The summed E-state index contributed by atoms with van der Waals surface area (Å²) in [6, 6.07) is 16.9. The van der Waals surface area contributed by atoms with Crippen molar-refractivity contribution < 1.29 is 14.7 Å². The Balaban J connectivity index is 1.94. The Bertz CT molecular complexity index is 718. The van der Waals surface area contributed by atoms with E-state index in [9.17, 15) is 14.7 Å². The van der Waals surface area contributed by atoms with Crippen molar-refractivity contribution in [2.75, 3.05) is 5.75 Å². The number of aryl methyl sites for hydroxylation is 1. The van der Waals surface area contributed by atoms with Crippen molar-refractivity contribution in [3.8, 4) is 0 Å². The molecule has 25 heavy (non-hydrogen) atoms. The number of hydrogen-bond donors (Lipinski definition) is 2. The molecule has 2 N–H and O–H groups in total. The number of carboxylic acids is 1. The van der Waals surface area contributed by atoms with Gasteiger partial charge >= 0.3 is 5.97 Å². The van der Waals surface area contributed by atoms with E-state index >= 15 is 0 Å². The van der Waals surface area contributed by atoms with Crippen molar-refractivity contribution in [3.05, 3.63) is 71.3 Å². The third-order valence-corrected chi connectivity index (χ3v) is 4.95. The van der Waals surface area contributed by atoms with Gasteiger partial charge in [-0.25, -0.2) is 0 Å². The molecule has 0 saturated heterocycles. The molecule has 0 aliphatic rings. The molecular formula is C20H23NO3S. The monoisotopic (exact) mass is 357 g/mol. The van der Waals surface area contributed by atoms with Crippen LogP contribution in [0.25, 0.3) is 0 Å². The first-order chi connectivity index (χ1) is 12.0. The van der Waals surface area contributed by atoms with Gasteiger partial charge in [-0.1, -0.05) is 60.2 Å². The molecule has 2 unspecified atom stereocenters. The zero-order chi connectivity index (χ0) is 18.2. The van der Waals surface area contributed by atoms with E-state index in [0.29, 0.717) is 5.75 Å². The average Bonchev–Trinajstić information content (AvgIpc) is 2.60. The molecule has 132 valence electrons. The van der Waals surface area contributed by atoms with Gasteiger partial charge in [-0.15, -0.1) is 11.8 Å². The maximum absolute atomic E-state index is 12.3. The van der Waals surface area contributed by atoms with Gasteiger partial charge in [-0.3, -0.25) is 9.59 Å². The number of thioether (sulfide) groups is 1. The van der Waals surface area contributed by atoms with Gasteiger partial charge in [0.2, 0.25) is 5.91 Å². The third-order valence-electron chi connectivity index (χ3n) is 3.95. The first-order valence-corrected chi connectivity index (χ1v) is 9.33. The van der Waals surface area contributed by atoms with Crippen LogP contribution >= 0.6 is 11.8 Å². The number of nitrogens with one attached hydrogen (secondary N) is 1. The first kappa shape index (κ1) is 19.1. The summed E-state index contributed by atoms with van der Waals surface area (Å²) in [5.74, 6) is -0.738. The number of carboxylic acid groups (broad SMARTS) is 1. The Hall–Kier alpha value is -2.27. The zero-order valence-corrected chi connectivity index (χ0v) is 15.3. The largest absolute Gasteiger partial charge is 0.481 e. The van der Waals surface area contributed by atoms with Gasteiger partial charge in [0.05, 0.1) is 17.7 Å². The lowest BCUT2D eigenvalue weighted by Gasteiger charge is -2.23. The van der Waals surface area contributed by atoms with Gasteiger partial charge < -0.3 is 10.4 Å². The predicted octanol–water partition coefficient (Wildman–Crippen LogP) is 3.81. The van der Waals surface area contributed by atoms with Crippen molar-refractivity contribution >= 4 is 23.6 Å². The molecular weight excluding hydrogens is 334 g/mol. The number of hydrogen-bond acceptors (Lipinski definition) is 3. The van der Waals surface area contributed by atoms with Crippen LogP contribution in [0.2, 0.25) is 0 Å². The van der Waals surface area contributed by atoms with Gasteiger partial charge in [-0.2, -0.15) is 0 Å². The fraction of sp³-hybridized carbons (Fsp3) is 0.300. The van der Waals surface area contributed by atoms with Gasteiger partial charge in [-0.05, 0) is 25.0 Å². The standard InChI is InChI=1S/C20H23NO3S/c1-14-7-6-8-16(11-14)12-25-13-18(22)21-19(15(2)20(23)24)17-9-4-3-5-10-17/h3-11,15,19H,12-13H2,1-2H3,(H,21,22)(H,23,24). The van der Waals surface area contributed by atoms with E-state index in [-0.39, 0.29) is 5.91 Å². The number of benzene rings is 2. The molecule has 0 radical (unpaired) electrons. The molecule has 0 bridgehead atoms. The molecule has 5 heteroatoms. The molecule has 0 spiro atoms. The molecule has 0 fully saturated rings. The number of carbonyl (C=O) groups is 2. The average molecular weight is 357 g/mol. The highest BCUT2D eigenvalue weighted by atomic mass is 32.2. The number of aliphatic carboxylic acids is 1. The van der Waals surface area contributed by atoms with E-state index in [0.717, 1.165) is 11.3 Å². The zero-order valence-electron chi connectivity index (χ0n) is 14.4. The quantitative estimate of drug-likeness (QED) is 0.754. The molecule has 0 aromatic heterocycles. The van der Waals surface area contributed by atoms with E-state index in [1.165, 1.54) is 22.9 Å². The van der Waals surface area contributed by atoms with Gasteiger partial charge in [0.1, 0.15) is 0 Å². The van der Waals surface area contributed by atoms with Crippen molar-refractivity contribution in [1.82, 2.24) is 5.32 Å². The second-order valence-corrected chi connectivity index (χ2v) is 7.05. The first-order valence-electron chi connectivity index (χ1n) is 8.18. The summed E-state index contributed by atoms with van der Waals surface area (Å²) in [6.45, 7) is 3.65. The summed E-state index contributed by atoms with van der Waals surface area (Å²) in [7, 11) is 0. The minimum absolute atomic E-state index is 0.153. The van der Waals surface area contributed by atoms with E-state index in [1.807, 2.05) is 55.5 Å². The van der Waals surface area contributed by atoms with Crippen LogP contribution in [0.3, 0.4) is 0 Å². The number of carbonyl (C=O) groups excluding carboxylic acids is 1. The van der Waals surface area contributed by atoms with Gasteiger partial charge in [0.15, 0.2) is 0 Å². The summed E-state index contributed by atoms with van der Waals surface area (Å²) < 4.78 is 0. The second kappa shape index (κ2) is 9.28. The second-order valence-electron chi connectivity index (χ2n) is 6.06. The highest BCUT2D eigenvalue weighted by molar-refractivity contribution is 7.99. The predicted molar refractivity (Wildman–Crippen MR) is 101 cm³/mol. The maximum atomic E-state index is 12.3. The van der Waals surface area contributed by atoms with E-state index < -0.39 is 17.9 Å². The number of amides is 1. The van der Waals surface area contributed by atoms with Crippen molar-refractivity contribution in [3.63, 3.8) is 0 Å². The molecule has 0 heterocycles. The molecule has 1 amide bonds. The summed E-state index contributed by atoms with van der Waals surface area (Å²) in [6.07, 6.45) is 0. The molecule has 2 aromatic carbocycles. The van der Waals surface area contributed by atoms with Crippen LogP contribution in [0, 0.1) is 12.8 Å². The van der Waals surface area contributed by atoms with E-state index in [2.05, 4.69) is 11.4 Å². The van der Waals surface area contributed by atoms with Crippen molar-refractivity contribution in [2.24, 2.45) is 5.92 Å². The summed E-state index contributed by atoms with van der Waals surface area (Å²) in [5, 5.41) is 12.2.